The summed E-state index contributed by atoms with van der Waals surface area (Å²) < 4.78 is 67.4. The maximum atomic E-state index is 15.2. The third kappa shape index (κ3) is 5.20. The van der Waals surface area contributed by atoms with Gasteiger partial charge in [0.25, 0.3) is 0 Å². The summed E-state index contributed by atoms with van der Waals surface area (Å²) in [6.45, 7) is -0.0914. The molecule has 0 aromatic heterocycles. The van der Waals surface area contributed by atoms with Gasteiger partial charge in [0.2, 0.25) is 13.6 Å². The van der Waals surface area contributed by atoms with Crippen molar-refractivity contribution in [2.45, 2.75) is 0 Å². The first kappa shape index (κ1) is 29.9. The first-order valence-corrected chi connectivity index (χ1v) is 18.5. The van der Waals surface area contributed by atoms with Gasteiger partial charge in [-0.1, -0.05) is 72.8 Å². The molecule has 0 saturated carbocycles. The molecular formula is C38H28O8P2. The molecular weight excluding hydrogens is 646 g/mol. The third-order valence-corrected chi connectivity index (χ3v) is 12.9. The highest BCUT2D eigenvalue weighted by atomic mass is 31.2. The summed E-state index contributed by atoms with van der Waals surface area (Å²) in [6, 6.07) is 43.0. The van der Waals surface area contributed by atoms with E-state index in [0.29, 0.717) is 55.3 Å². The Labute approximate surface area is 277 Å². The van der Waals surface area contributed by atoms with Crippen molar-refractivity contribution in [2.24, 2.45) is 0 Å². The molecule has 48 heavy (non-hydrogen) atoms. The SMILES string of the molecule is O=P(Oc1ccc2c(c1-c1c(OP(=O)(c3ccccc3)c3ccccc3)ccc3c1OCO3)OCO2)(c1ccccc1)c1ccccc1. The van der Waals surface area contributed by atoms with Crippen molar-refractivity contribution in [3.63, 3.8) is 0 Å². The van der Waals surface area contributed by atoms with Crippen LogP contribution in [0, 0.1) is 0 Å². The molecule has 0 atom stereocenters. The van der Waals surface area contributed by atoms with E-state index in [1.165, 1.54) is 0 Å². The molecule has 0 N–H and O–H groups in total. The zero-order valence-electron chi connectivity index (χ0n) is 25.4. The molecule has 2 aliphatic rings. The van der Waals surface area contributed by atoms with Crippen LogP contribution in [0.15, 0.2) is 146 Å². The van der Waals surface area contributed by atoms with Crippen LogP contribution in [-0.2, 0) is 9.13 Å². The van der Waals surface area contributed by atoms with Crippen LogP contribution in [0.25, 0.3) is 11.1 Å². The third-order valence-electron chi connectivity index (χ3n) is 8.09. The van der Waals surface area contributed by atoms with Crippen molar-refractivity contribution in [2.75, 3.05) is 13.6 Å². The summed E-state index contributed by atoms with van der Waals surface area (Å²) in [7, 11) is -7.51. The van der Waals surface area contributed by atoms with E-state index < -0.39 is 14.7 Å². The van der Waals surface area contributed by atoms with E-state index in [4.69, 9.17) is 28.0 Å². The van der Waals surface area contributed by atoms with Crippen molar-refractivity contribution in [3.8, 4) is 45.6 Å². The Morgan fingerprint density at radius 3 is 1.02 bits per heavy atom. The van der Waals surface area contributed by atoms with Crippen LogP contribution in [0.4, 0.5) is 0 Å². The molecule has 6 aromatic carbocycles. The number of rotatable bonds is 9. The summed E-state index contributed by atoms with van der Waals surface area (Å²) >= 11 is 0. The van der Waals surface area contributed by atoms with Gasteiger partial charge in [-0.05, 0) is 72.8 Å². The van der Waals surface area contributed by atoms with Crippen LogP contribution in [0.3, 0.4) is 0 Å². The quantitative estimate of drug-likeness (QED) is 0.146. The van der Waals surface area contributed by atoms with E-state index >= 15 is 9.13 Å². The van der Waals surface area contributed by atoms with Gasteiger partial charge in [0.1, 0.15) is 11.5 Å². The fraction of sp³-hybridized carbons (Fsp3) is 0.0526. The van der Waals surface area contributed by atoms with Gasteiger partial charge >= 0.3 is 14.7 Å². The van der Waals surface area contributed by atoms with Gasteiger partial charge in [-0.25, -0.2) is 0 Å². The monoisotopic (exact) mass is 674 g/mol. The number of benzene rings is 6. The molecule has 0 bridgehead atoms. The Balaban J connectivity index is 1.36. The molecule has 10 heteroatoms. The second kappa shape index (κ2) is 12.3. The Morgan fingerprint density at radius 2 is 0.708 bits per heavy atom. The number of hydrogen-bond donors (Lipinski definition) is 0. The smallest absolute Gasteiger partial charge is 0.306 e. The van der Waals surface area contributed by atoms with E-state index in [9.17, 15) is 0 Å². The van der Waals surface area contributed by atoms with Gasteiger partial charge in [-0.2, -0.15) is 0 Å². The van der Waals surface area contributed by atoms with Gasteiger partial charge in [-0.3, -0.25) is 9.13 Å². The summed E-state index contributed by atoms with van der Waals surface area (Å²) in [5.74, 6) is 2.01. The maximum absolute atomic E-state index is 15.2. The normalized spacial score (nSPS) is 13.2. The van der Waals surface area contributed by atoms with Crippen LogP contribution in [0.1, 0.15) is 0 Å². The van der Waals surface area contributed by atoms with E-state index in [1.807, 2.05) is 72.8 Å². The fourth-order valence-corrected chi connectivity index (χ4v) is 9.95. The number of ether oxygens (including phenoxy) is 4. The topological polar surface area (TPSA) is 89.5 Å². The van der Waals surface area contributed by atoms with E-state index in [0.717, 1.165) is 0 Å². The van der Waals surface area contributed by atoms with Crippen LogP contribution >= 0.6 is 14.7 Å². The minimum atomic E-state index is -3.75. The van der Waals surface area contributed by atoms with Crippen LogP contribution in [0.2, 0.25) is 0 Å². The molecule has 8 rings (SSSR count). The molecule has 0 saturated heterocycles. The van der Waals surface area contributed by atoms with Gasteiger partial charge in [0.15, 0.2) is 23.0 Å². The molecule has 8 nitrogen and oxygen atoms in total. The lowest BCUT2D eigenvalue weighted by molar-refractivity contribution is 0.173. The molecule has 2 aliphatic heterocycles. The highest BCUT2D eigenvalue weighted by Crippen LogP contribution is 2.60. The van der Waals surface area contributed by atoms with E-state index in [1.54, 1.807) is 72.8 Å². The number of fused-ring (bicyclic) bond motifs is 2. The standard InChI is InChI=1S/C38H28O8P2/c39-47(27-13-5-1-6-14-27,28-15-7-2-8-16-28)45-31-21-23-33-37(43-25-41-33)35(31)36-32(22-24-34-38(36)44-26-42-34)46-48(40,29-17-9-3-10-18-29)30-19-11-4-12-20-30/h1-24H,25-26H2. The first-order valence-electron chi connectivity index (χ1n) is 15.2. The average molecular weight is 675 g/mol. The van der Waals surface area contributed by atoms with Crippen LogP contribution in [-0.4, -0.2) is 13.6 Å². The second-order valence-corrected chi connectivity index (χ2v) is 15.6. The summed E-state index contributed by atoms with van der Waals surface area (Å²) in [5, 5.41) is 2.03. The van der Waals surface area contributed by atoms with E-state index in [-0.39, 0.29) is 25.1 Å². The summed E-state index contributed by atoms with van der Waals surface area (Å²) in [4.78, 5) is 0. The predicted octanol–water partition coefficient (Wildman–Crippen LogP) is 7.43. The lowest BCUT2D eigenvalue weighted by Gasteiger charge is -2.25. The predicted molar refractivity (Wildman–Crippen MR) is 185 cm³/mol. The summed E-state index contributed by atoms with van der Waals surface area (Å²) in [5.41, 5.74) is 0.726. The summed E-state index contributed by atoms with van der Waals surface area (Å²) in [6.07, 6.45) is 0. The minimum Gasteiger partial charge on any atom is -0.454 e. The second-order valence-electron chi connectivity index (χ2n) is 11.0. The molecule has 0 spiro atoms. The van der Waals surface area contributed by atoms with Crippen LogP contribution < -0.4 is 49.2 Å². The molecule has 0 unspecified atom stereocenters. The molecule has 0 aliphatic carbocycles. The van der Waals surface area contributed by atoms with Crippen molar-refractivity contribution >= 4 is 36.0 Å². The highest BCUT2D eigenvalue weighted by Gasteiger charge is 2.38. The lowest BCUT2D eigenvalue weighted by Crippen LogP contribution is -2.21. The Hall–Kier alpha value is -5.42. The molecule has 0 fully saturated rings. The van der Waals surface area contributed by atoms with Gasteiger partial charge < -0.3 is 28.0 Å². The Morgan fingerprint density at radius 1 is 0.396 bits per heavy atom. The van der Waals surface area contributed by atoms with Crippen molar-refractivity contribution in [1.29, 1.82) is 0 Å². The van der Waals surface area contributed by atoms with Gasteiger partial charge in [0.05, 0.1) is 32.3 Å². The van der Waals surface area contributed by atoms with Gasteiger partial charge in [0, 0.05) is 0 Å². The Kier molecular flexibility index (Phi) is 7.68. The molecule has 0 radical (unpaired) electrons. The van der Waals surface area contributed by atoms with Crippen molar-refractivity contribution in [3.05, 3.63) is 146 Å². The van der Waals surface area contributed by atoms with Gasteiger partial charge in [-0.15, -0.1) is 0 Å². The zero-order valence-corrected chi connectivity index (χ0v) is 27.2. The molecule has 6 aromatic rings. The Bertz CT molecular complexity index is 1950. The average Bonchev–Trinajstić information content (AvgIpc) is 3.84. The lowest BCUT2D eigenvalue weighted by atomic mass is 10.00. The molecule has 2 heterocycles. The maximum Gasteiger partial charge on any atom is 0.306 e. The van der Waals surface area contributed by atoms with Crippen LogP contribution in [0.5, 0.6) is 34.5 Å². The number of hydrogen-bond acceptors (Lipinski definition) is 8. The minimum absolute atomic E-state index is 0.0457. The largest absolute Gasteiger partial charge is 0.454 e. The van der Waals surface area contributed by atoms with E-state index in [2.05, 4.69) is 0 Å². The first-order chi connectivity index (χ1) is 23.5. The zero-order chi connectivity index (χ0) is 32.6. The molecule has 0 amide bonds. The molecule has 238 valence electrons. The van der Waals surface area contributed by atoms with Crippen molar-refractivity contribution < 1.29 is 37.1 Å². The highest BCUT2D eigenvalue weighted by molar-refractivity contribution is 7.75. The van der Waals surface area contributed by atoms with Crippen molar-refractivity contribution in [1.82, 2.24) is 0 Å². The fourth-order valence-electron chi connectivity index (χ4n) is 5.82.